The van der Waals surface area contributed by atoms with Gasteiger partial charge in [0.1, 0.15) is 5.75 Å². The monoisotopic (exact) mass is 300 g/mol. The van der Waals surface area contributed by atoms with Gasteiger partial charge >= 0.3 is 6.61 Å². The number of nitrogens with zero attached hydrogens (tertiary/aromatic N) is 1. The summed E-state index contributed by atoms with van der Waals surface area (Å²) in [4.78, 5) is 13.8. The van der Waals surface area contributed by atoms with E-state index in [0.717, 1.165) is 19.4 Å². The highest BCUT2D eigenvalue weighted by molar-refractivity contribution is 5.92. The van der Waals surface area contributed by atoms with E-state index in [-0.39, 0.29) is 30.9 Å². The molecule has 2 rings (SSSR count). The standard InChI is InChI=1S/C14H18F2N2O3/c15-14(16)21-12-5-3-10(4-6-12)17-13(20)8-18-7-1-2-11(18)9-19/h3-6,11,14,19H,1-2,7-9H2,(H,17,20). The van der Waals surface area contributed by atoms with Crippen molar-refractivity contribution in [3.63, 3.8) is 0 Å². The van der Waals surface area contributed by atoms with Crippen molar-refractivity contribution in [3.05, 3.63) is 24.3 Å². The summed E-state index contributed by atoms with van der Waals surface area (Å²) in [6, 6.07) is 5.78. The van der Waals surface area contributed by atoms with Gasteiger partial charge in [-0.1, -0.05) is 0 Å². The van der Waals surface area contributed by atoms with Crippen LogP contribution in [0.5, 0.6) is 5.75 Å². The van der Waals surface area contributed by atoms with E-state index < -0.39 is 6.61 Å². The van der Waals surface area contributed by atoms with E-state index in [2.05, 4.69) is 10.1 Å². The van der Waals surface area contributed by atoms with Gasteiger partial charge in [0.05, 0.1) is 13.2 Å². The first-order valence-corrected chi connectivity index (χ1v) is 6.78. The fourth-order valence-electron chi connectivity index (χ4n) is 2.41. The van der Waals surface area contributed by atoms with Crippen LogP contribution >= 0.6 is 0 Å². The number of hydrogen-bond acceptors (Lipinski definition) is 4. The number of benzene rings is 1. The molecule has 116 valence electrons. The number of ether oxygens (including phenoxy) is 1. The van der Waals surface area contributed by atoms with Gasteiger partial charge in [-0.3, -0.25) is 9.69 Å². The summed E-state index contributed by atoms with van der Waals surface area (Å²) in [5, 5.41) is 11.9. The Morgan fingerprint density at radius 2 is 2.14 bits per heavy atom. The zero-order chi connectivity index (χ0) is 15.2. The molecule has 1 saturated heterocycles. The van der Waals surface area contributed by atoms with Crippen molar-refractivity contribution in [2.24, 2.45) is 0 Å². The molecule has 0 saturated carbocycles. The zero-order valence-corrected chi connectivity index (χ0v) is 11.5. The molecule has 1 amide bonds. The molecule has 0 spiro atoms. The maximum absolute atomic E-state index is 12.0. The number of halogens is 2. The van der Waals surface area contributed by atoms with Crippen molar-refractivity contribution in [2.75, 3.05) is 25.0 Å². The van der Waals surface area contributed by atoms with Crippen LogP contribution in [0.2, 0.25) is 0 Å². The smallest absolute Gasteiger partial charge is 0.387 e. The van der Waals surface area contributed by atoms with Gasteiger partial charge in [-0.05, 0) is 43.7 Å². The molecule has 7 heteroatoms. The molecular formula is C14H18F2N2O3. The van der Waals surface area contributed by atoms with Gasteiger partial charge in [-0.2, -0.15) is 8.78 Å². The van der Waals surface area contributed by atoms with E-state index in [4.69, 9.17) is 0 Å². The number of nitrogens with one attached hydrogen (secondary N) is 1. The Kier molecular flexibility index (Phi) is 5.46. The molecule has 2 N–H and O–H groups in total. The summed E-state index contributed by atoms with van der Waals surface area (Å²) in [7, 11) is 0. The summed E-state index contributed by atoms with van der Waals surface area (Å²) in [6.45, 7) is -1.82. The predicted molar refractivity (Wildman–Crippen MR) is 73.4 cm³/mol. The number of aliphatic hydroxyl groups is 1. The maximum atomic E-state index is 12.0. The third-order valence-electron chi connectivity index (χ3n) is 3.42. The molecule has 1 aliphatic rings. The van der Waals surface area contributed by atoms with Gasteiger partial charge in [0.15, 0.2) is 0 Å². The first-order chi connectivity index (χ1) is 10.1. The van der Waals surface area contributed by atoms with Crippen molar-refractivity contribution < 1.29 is 23.4 Å². The first kappa shape index (κ1) is 15.7. The summed E-state index contributed by atoms with van der Waals surface area (Å²) in [6.07, 6.45) is 1.86. The number of likely N-dealkylation sites (tertiary alicyclic amines) is 1. The molecule has 1 fully saturated rings. The number of carbonyl (C=O) groups is 1. The second kappa shape index (κ2) is 7.33. The average molecular weight is 300 g/mol. The maximum Gasteiger partial charge on any atom is 0.387 e. The topological polar surface area (TPSA) is 61.8 Å². The molecule has 1 aromatic rings. The van der Waals surface area contributed by atoms with Crippen molar-refractivity contribution in [1.82, 2.24) is 4.90 Å². The van der Waals surface area contributed by atoms with Crippen LogP contribution in [-0.4, -0.2) is 48.3 Å². The Bertz CT molecular complexity index is 468. The Balaban J connectivity index is 1.85. The number of rotatable bonds is 6. The second-order valence-corrected chi connectivity index (χ2v) is 4.90. The average Bonchev–Trinajstić information content (AvgIpc) is 2.87. The lowest BCUT2D eigenvalue weighted by Gasteiger charge is -2.21. The molecule has 0 radical (unpaired) electrons. The van der Waals surface area contributed by atoms with Crippen LogP contribution in [0.25, 0.3) is 0 Å². The van der Waals surface area contributed by atoms with Crippen LogP contribution in [0.4, 0.5) is 14.5 Å². The Labute approximate surface area is 121 Å². The van der Waals surface area contributed by atoms with E-state index >= 15 is 0 Å². The van der Waals surface area contributed by atoms with Gasteiger partial charge in [-0.15, -0.1) is 0 Å². The summed E-state index contributed by atoms with van der Waals surface area (Å²) in [5.74, 6) is -0.152. The van der Waals surface area contributed by atoms with Crippen LogP contribution < -0.4 is 10.1 Å². The van der Waals surface area contributed by atoms with Crippen LogP contribution in [0, 0.1) is 0 Å². The number of amides is 1. The third-order valence-corrected chi connectivity index (χ3v) is 3.42. The molecule has 0 aromatic heterocycles. The van der Waals surface area contributed by atoms with Crippen LogP contribution in [0.3, 0.4) is 0 Å². The normalized spacial score (nSPS) is 19.0. The largest absolute Gasteiger partial charge is 0.435 e. The minimum Gasteiger partial charge on any atom is -0.435 e. The summed E-state index contributed by atoms with van der Waals surface area (Å²) >= 11 is 0. The molecule has 1 aliphatic heterocycles. The predicted octanol–water partition coefficient (Wildman–Crippen LogP) is 1.68. The van der Waals surface area contributed by atoms with Gasteiger partial charge in [0, 0.05) is 11.7 Å². The SMILES string of the molecule is O=C(CN1CCCC1CO)Nc1ccc(OC(F)F)cc1. The first-order valence-electron chi connectivity index (χ1n) is 6.78. The Morgan fingerprint density at radius 1 is 1.43 bits per heavy atom. The molecule has 1 heterocycles. The van der Waals surface area contributed by atoms with Crippen LogP contribution in [0.1, 0.15) is 12.8 Å². The highest BCUT2D eigenvalue weighted by atomic mass is 19.3. The molecule has 5 nitrogen and oxygen atoms in total. The lowest BCUT2D eigenvalue weighted by atomic mass is 10.2. The van der Waals surface area contributed by atoms with Gasteiger partial charge < -0.3 is 15.2 Å². The molecule has 1 atom stereocenters. The number of hydrogen-bond donors (Lipinski definition) is 2. The lowest BCUT2D eigenvalue weighted by Crippen LogP contribution is -2.38. The second-order valence-electron chi connectivity index (χ2n) is 4.90. The van der Waals surface area contributed by atoms with E-state index in [0.29, 0.717) is 5.69 Å². The lowest BCUT2D eigenvalue weighted by molar-refractivity contribution is -0.117. The van der Waals surface area contributed by atoms with E-state index in [9.17, 15) is 18.7 Å². The molecule has 0 aliphatic carbocycles. The van der Waals surface area contributed by atoms with Gasteiger partial charge in [-0.25, -0.2) is 0 Å². The molecule has 0 bridgehead atoms. The van der Waals surface area contributed by atoms with Gasteiger partial charge in [0.25, 0.3) is 0 Å². The zero-order valence-electron chi connectivity index (χ0n) is 11.5. The number of aliphatic hydroxyl groups excluding tert-OH is 1. The minimum atomic E-state index is -2.86. The highest BCUT2D eigenvalue weighted by Gasteiger charge is 2.25. The summed E-state index contributed by atoms with van der Waals surface area (Å²) in [5.41, 5.74) is 0.515. The number of carbonyl (C=O) groups excluding carboxylic acids is 1. The fraction of sp³-hybridized carbons (Fsp3) is 0.500. The van der Waals surface area contributed by atoms with Gasteiger partial charge in [0.2, 0.25) is 5.91 Å². The van der Waals surface area contributed by atoms with Crippen molar-refractivity contribution >= 4 is 11.6 Å². The molecular weight excluding hydrogens is 282 g/mol. The van der Waals surface area contributed by atoms with Crippen LogP contribution in [0.15, 0.2) is 24.3 Å². The molecule has 1 aromatic carbocycles. The van der Waals surface area contributed by atoms with E-state index in [1.807, 2.05) is 4.90 Å². The van der Waals surface area contributed by atoms with Crippen molar-refractivity contribution in [2.45, 2.75) is 25.5 Å². The number of anilines is 1. The molecule has 21 heavy (non-hydrogen) atoms. The van der Waals surface area contributed by atoms with Crippen molar-refractivity contribution in [3.8, 4) is 5.75 Å². The highest BCUT2D eigenvalue weighted by Crippen LogP contribution is 2.19. The summed E-state index contributed by atoms with van der Waals surface area (Å²) < 4.78 is 28.2. The minimum absolute atomic E-state index is 0.0394. The van der Waals surface area contributed by atoms with E-state index in [1.54, 1.807) is 0 Å². The molecule has 1 unspecified atom stereocenters. The third kappa shape index (κ3) is 4.64. The Hall–Kier alpha value is -1.73. The quantitative estimate of drug-likeness (QED) is 0.839. The Morgan fingerprint density at radius 3 is 2.76 bits per heavy atom. The number of alkyl halides is 2. The van der Waals surface area contributed by atoms with Crippen LogP contribution in [-0.2, 0) is 4.79 Å². The van der Waals surface area contributed by atoms with E-state index in [1.165, 1.54) is 24.3 Å². The fourth-order valence-corrected chi connectivity index (χ4v) is 2.41. The van der Waals surface area contributed by atoms with Crippen molar-refractivity contribution in [1.29, 1.82) is 0 Å².